The smallest absolute Gasteiger partial charge is 0.324 e. The quantitative estimate of drug-likeness (QED) is 0.251. The monoisotopic (exact) mass is 410 g/mol. The number of alkyl halides is 1. The summed E-state index contributed by atoms with van der Waals surface area (Å²) in [5.74, 6) is -1.17. The summed E-state index contributed by atoms with van der Waals surface area (Å²) < 4.78 is 10.7. The van der Waals surface area contributed by atoms with Gasteiger partial charge < -0.3 is 9.47 Å². The highest BCUT2D eigenvalue weighted by Crippen LogP contribution is 2.35. The van der Waals surface area contributed by atoms with Gasteiger partial charge in [-0.2, -0.15) is 0 Å². The molecule has 0 bridgehead atoms. The zero-order chi connectivity index (χ0) is 15.6. The minimum absolute atomic E-state index is 0.136. The number of hydrogen-bond acceptors (Lipinski definition) is 4. The van der Waals surface area contributed by atoms with Crippen molar-refractivity contribution in [2.24, 2.45) is 5.41 Å². The lowest BCUT2D eigenvalue weighted by Gasteiger charge is -2.27. The van der Waals surface area contributed by atoms with Crippen LogP contribution in [0.1, 0.15) is 26.7 Å². The van der Waals surface area contributed by atoms with Gasteiger partial charge in [0, 0.05) is 11.8 Å². The predicted octanol–water partition coefficient (Wildman–Crippen LogP) is 3.74. The third-order valence-electron chi connectivity index (χ3n) is 2.55. The van der Waals surface area contributed by atoms with Crippen LogP contribution in [0.2, 0.25) is 0 Å². The summed E-state index contributed by atoms with van der Waals surface area (Å²) in [5, 5.41) is 0.643. The van der Waals surface area contributed by atoms with Gasteiger partial charge in [0.15, 0.2) is 5.41 Å². The molecule has 0 atom stereocenters. The van der Waals surface area contributed by atoms with Crippen LogP contribution < -0.4 is 0 Å². The van der Waals surface area contributed by atoms with Crippen LogP contribution in [0.15, 0.2) is 23.2 Å². The molecule has 4 nitrogen and oxygen atoms in total. The van der Waals surface area contributed by atoms with Crippen molar-refractivity contribution >= 4 is 43.8 Å². The standard InChI is InChI=1S/C14H20Br2O4/c1-4-19-12(17)14(10-11(3)16,8-6-7-9-15)13(18)20-5-2/h6-7H,3-5,8-10H2,1-2H3/b7-6+. The second-order valence-corrected chi connectivity index (χ2v) is 5.82. The van der Waals surface area contributed by atoms with Crippen LogP contribution in [0.25, 0.3) is 0 Å². The van der Waals surface area contributed by atoms with Crippen molar-refractivity contribution in [2.75, 3.05) is 18.5 Å². The third kappa shape index (κ3) is 5.79. The SMILES string of the molecule is C=C(Br)CC(C/C=C/CBr)(C(=O)OCC)C(=O)OCC. The van der Waals surface area contributed by atoms with E-state index in [1.807, 2.05) is 6.08 Å². The third-order valence-corrected chi connectivity index (χ3v) is 3.20. The molecule has 0 heterocycles. The molecule has 114 valence electrons. The first-order valence-corrected chi connectivity index (χ1v) is 8.24. The number of allylic oxidation sites excluding steroid dienone is 3. The highest BCUT2D eigenvalue weighted by Gasteiger charge is 2.48. The van der Waals surface area contributed by atoms with Gasteiger partial charge in [0.2, 0.25) is 0 Å². The maximum absolute atomic E-state index is 12.3. The molecule has 6 heteroatoms. The molecule has 20 heavy (non-hydrogen) atoms. The average molecular weight is 412 g/mol. The lowest BCUT2D eigenvalue weighted by molar-refractivity contribution is -0.171. The highest BCUT2D eigenvalue weighted by molar-refractivity contribution is 9.11. The van der Waals surface area contributed by atoms with Crippen LogP contribution in [0.5, 0.6) is 0 Å². The Bertz CT molecular complexity index is 359. The van der Waals surface area contributed by atoms with Gasteiger partial charge in [-0.15, -0.1) is 0 Å². The Labute approximate surface area is 136 Å². The first-order chi connectivity index (χ1) is 9.44. The van der Waals surface area contributed by atoms with Crippen LogP contribution in [0.3, 0.4) is 0 Å². The molecule has 0 aliphatic rings. The lowest BCUT2D eigenvalue weighted by Crippen LogP contribution is -2.42. The minimum atomic E-state index is -1.38. The Morgan fingerprint density at radius 3 is 2.00 bits per heavy atom. The number of rotatable bonds is 9. The Balaban J connectivity index is 5.48. The molecule has 0 fully saturated rings. The largest absolute Gasteiger partial charge is 0.465 e. The van der Waals surface area contributed by atoms with E-state index in [1.54, 1.807) is 19.9 Å². The van der Waals surface area contributed by atoms with E-state index >= 15 is 0 Å². The van der Waals surface area contributed by atoms with Gasteiger partial charge in [0.25, 0.3) is 0 Å². The summed E-state index contributed by atoms with van der Waals surface area (Å²) in [6.45, 7) is 7.53. The molecule has 0 aromatic heterocycles. The first kappa shape index (κ1) is 19.4. The van der Waals surface area contributed by atoms with Crippen molar-refractivity contribution in [3.8, 4) is 0 Å². The molecule has 0 aliphatic carbocycles. The summed E-state index contributed by atoms with van der Waals surface area (Å²) in [6, 6.07) is 0. The van der Waals surface area contributed by atoms with E-state index in [2.05, 4.69) is 38.4 Å². The minimum Gasteiger partial charge on any atom is -0.465 e. The summed E-state index contributed by atoms with van der Waals surface area (Å²) in [5.41, 5.74) is -1.38. The fraction of sp³-hybridized carbons (Fsp3) is 0.571. The number of ether oxygens (including phenoxy) is 2. The Morgan fingerprint density at radius 2 is 1.65 bits per heavy atom. The van der Waals surface area contributed by atoms with E-state index in [1.165, 1.54) is 0 Å². The fourth-order valence-electron chi connectivity index (χ4n) is 1.68. The summed E-state index contributed by atoms with van der Waals surface area (Å²) in [7, 11) is 0. The van der Waals surface area contributed by atoms with E-state index in [9.17, 15) is 9.59 Å². The molecule has 0 rings (SSSR count). The predicted molar refractivity (Wildman–Crippen MR) is 85.9 cm³/mol. The summed E-state index contributed by atoms with van der Waals surface area (Å²) in [4.78, 5) is 24.6. The van der Waals surface area contributed by atoms with Crippen LogP contribution in [0, 0.1) is 5.41 Å². The van der Waals surface area contributed by atoms with Crippen molar-refractivity contribution in [1.29, 1.82) is 0 Å². The number of esters is 2. The average Bonchev–Trinajstić information content (AvgIpc) is 2.37. The highest BCUT2D eigenvalue weighted by atomic mass is 79.9. The van der Waals surface area contributed by atoms with E-state index in [0.717, 1.165) is 0 Å². The van der Waals surface area contributed by atoms with Crippen LogP contribution in [-0.4, -0.2) is 30.5 Å². The maximum atomic E-state index is 12.3. The van der Waals surface area contributed by atoms with Gasteiger partial charge in [0.05, 0.1) is 13.2 Å². The molecular formula is C14H20Br2O4. The Kier molecular flexibility index (Phi) is 9.84. The van der Waals surface area contributed by atoms with Gasteiger partial charge in [-0.3, -0.25) is 9.59 Å². The molecule has 0 aromatic carbocycles. The van der Waals surface area contributed by atoms with E-state index < -0.39 is 17.4 Å². The Hall–Kier alpha value is -0.620. The molecule has 0 saturated heterocycles. The van der Waals surface area contributed by atoms with Crippen LogP contribution in [-0.2, 0) is 19.1 Å². The van der Waals surface area contributed by atoms with Gasteiger partial charge >= 0.3 is 11.9 Å². The number of hydrogen-bond donors (Lipinski definition) is 0. The van der Waals surface area contributed by atoms with E-state index in [0.29, 0.717) is 9.81 Å². The van der Waals surface area contributed by atoms with Crippen molar-refractivity contribution in [2.45, 2.75) is 26.7 Å². The molecule has 0 amide bonds. The van der Waals surface area contributed by atoms with Gasteiger partial charge in [-0.25, -0.2) is 0 Å². The molecule has 0 saturated carbocycles. The molecule has 0 N–H and O–H groups in total. The number of carbonyl (C=O) groups excluding carboxylic acids is 2. The molecule has 0 unspecified atom stereocenters. The van der Waals surface area contributed by atoms with Crippen LogP contribution >= 0.6 is 31.9 Å². The first-order valence-electron chi connectivity index (χ1n) is 6.33. The van der Waals surface area contributed by atoms with E-state index in [-0.39, 0.29) is 26.1 Å². The van der Waals surface area contributed by atoms with Crippen molar-refractivity contribution in [3.63, 3.8) is 0 Å². The van der Waals surface area contributed by atoms with Gasteiger partial charge in [-0.1, -0.05) is 50.6 Å². The Morgan fingerprint density at radius 1 is 1.15 bits per heavy atom. The van der Waals surface area contributed by atoms with Crippen molar-refractivity contribution in [3.05, 3.63) is 23.2 Å². The van der Waals surface area contributed by atoms with E-state index in [4.69, 9.17) is 9.47 Å². The molecular weight excluding hydrogens is 392 g/mol. The topological polar surface area (TPSA) is 52.6 Å². The molecule has 0 aliphatic heterocycles. The second-order valence-electron chi connectivity index (χ2n) is 4.05. The zero-order valence-corrected chi connectivity index (χ0v) is 15.0. The fourth-order valence-corrected chi connectivity index (χ4v) is 2.42. The summed E-state index contributed by atoms with van der Waals surface area (Å²) in [6.07, 6.45) is 3.93. The number of carbonyl (C=O) groups is 2. The van der Waals surface area contributed by atoms with Crippen molar-refractivity contribution in [1.82, 2.24) is 0 Å². The number of halogens is 2. The maximum Gasteiger partial charge on any atom is 0.324 e. The van der Waals surface area contributed by atoms with Crippen LogP contribution in [0.4, 0.5) is 0 Å². The molecule has 0 aromatic rings. The zero-order valence-electron chi connectivity index (χ0n) is 11.8. The van der Waals surface area contributed by atoms with Gasteiger partial charge in [0.1, 0.15) is 0 Å². The van der Waals surface area contributed by atoms with Crippen molar-refractivity contribution < 1.29 is 19.1 Å². The normalized spacial score (nSPS) is 11.4. The molecule has 0 spiro atoms. The second kappa shape index (κ2) is 10.2. The molecule has 0 radical (unpaired) electrons. The van der Waals surface area contributed by atoms with Gasteiger partial charge in [-0.05, 0) is 24.8 Å². The summed E-state index contributed by atoms with van der Waals surface area (Å²) >= 11 is 6.47. The lowest BCUT2D eigenvalue weighted by atomic mass is 9.80.